The Kier molecular flexibility index (Phi) is 4.99. The molecule has 90 valence electrons. The molecule has 1 saturated heterocycles. The van der Waals surface area contributed by atoms with Crippen LogP contribution in [0.25, 0.3) is 0 Å². The Morgan fingerprint density at radius 2 is 2.07 bits per heavy atom. The Morgan fingerprint density at radius 1 is 1.47 bits per heavy atom. The van der Waals surface area contributed by atoms with Crippen LogP contribution in [0.2, 0.25) is 0 Å². The van der Waals surface area contributed by atoms with E-state index in [9.17, 15) is 0 Å². The highest BCUT2D eigenvalue weighted by atomic mass is 16.5. The normalized spacial score (nSPS) is 24.0. The molecule has 0 amide bonds. The van der Waals surface area contributed by atoms with Crippen molar-refractivity contribution in [1.82, 2.24) is 4.90 Å². The number of likely N-dealkylation sites (tertiary alicyclic amines) is 1. The van der Waals surface area contributed by atoms with E-state index in [4.69, 9.17) is 15.6 Å². The molecule has 0 bridgehead atoms. The van der Waals surface area contributed by atoms with Crippen molar-refractivity contribution < 1.29 is 9.84 Å². The monoisotopic (exact) mass is 216 g/mol. The van der Waals surface area contributed by atoms with Gasteiger partial charge in [0.15, 0.2) is 0 Å². The van der Waals surface area contributed by atoms with Crippen LogP contribution in [0.1, 0.15) is 19.8 Å². The molecule has 0 saturated carbocycles. The Bertz CT molecular complexity index is 181. The summed E-state index contributed by atoms with van der Waals surface area (Å²) in [4.78, 5) is 2.33. The zero-order chi connectivity index (χ0) is 11.3. The second-order valence-corrected chi connectivity index (χ2v) is 4.67. The van der Waals surface area contributed by atoms with Crippen molar-refractivity contribution in [2.45, 2.75) is 25.4 Å². The molecule has 4 heteroatoms. The standard InChI is InChI=1S/C11H24N2O2/c1-11(9-12,15-8-7-14)10-3-5-13(2)6-4-10/h10,14H,3-9,12H2,1-2H3. The minimum Gasteiger partial charge on any atom is -0.394 e. The van der Waals surface area contributed by atoms with Gasteiger partial charge in [0.25, 0.3) is 0 Å². The average molecular weight is 216 g/mol. The zero-order valence-electron chi connectivity index (χ0n) is 9.91. The Balaban J connectivity index is 2.49. The van der Waals surface area contributed by atoms with Crippen molar-refractivity contribution in [3.8, 4) is 0 Å². The predicted octanol–water partition coefficient (Wildman–Crippen LogP) is 0.0545. The van der Waals surface area contributed by atoms with Gasteiger partial charge in [-0.3, -0.25) is 0 Å². The summed E-state index contributed by atoms with van der Waals surface area (Å²) in [5, 5.41) is 8.79. The molecule has 15 heavy (non-hydrogen) atoms. The van der Waals surface area contributed by atoms with Crippen molar-refractivity contribution in [3.63, 3.8) is 0 Å². The molecule has 1 rings (SSSR count). The molecule has 1 atom stereocenters. The molecule has 0 aliphatic carbocycles. The number of nitrogens with two attached hydrogens (primary N) is 1. The lowest BCUT2D eigenvalue weighted by atomic mass is 9.81. The van der Waals surface area contributed by atoms with Gasteiger partial charge < -0.3 is 20.5 Å². The molecule has 0 aromatic carbocycles. The fraction of sp³-hybridized carbons (Fsp3) is 1.00. The van der Waals surface area contributed by atoms with Crippen LogP contribution in [-0.4, -0.2) is 55.5 Å². The van der Waals surface area contributed by atoms with E-state index < -0.39 is 0 Å². The summed E-state index contributed by atoms with van der Waals surface area (Å²) in [7, 11) is 2.14. The third-order valence-electron chi connectivity index (χ3n) is 3.51. The van der Waals surface area contributed by atoms with Crippen LogP contribution in [0.15, 0.2) is 0 Å². The Hall–Kier alpha value is -0.160. The van der Waals surface area contributed by atoms with Gasteiger partial charge in [-0.25, -0.2) is 0 Å². The highest BCUT2D eigenvalue weighted by molar-refractivity contribution is 4.88. The number of aliphatic hydroxyl groups excluding tert-OH is 1. The number of rotatable bonds is 5. The quantitative estimate of drug-likeness (QED) is 0.682. The van der Waals surface area contributed by atoms with E-state index in [0.717, 1.165) is 25.9 Å². The molecule has 1 heterocycles. The largest absolute Gasteiger partial charge is 0.394 e. The molecule has 1 fully saturated rings. The maximum atomic E-state index is 8.79. The van der Waals surface area contributed by atoms with Crippen molar-refractivity contribution in [2.75, 3.05) is 39.9 Å². The van der Waals surface area contributed by atoms with E-state index in [-0.39, 0.29) is 12.2 Å². The molecule has 1 unspecified atom stereocenters. The third-order valence-corrected chi connectivity index (χ3v) is 3.51. The SMILES string of the molecule is CN1CCC(C(C)(CN)OCCO)CC1. The van der Waals surface area contributed by atoms with Gasteiger partial charge in [0.05, 0.1) is 18.8 Å². The van der Waals surface area contributed by atoms with Crippen molar-refractivity contribution in [2.24, 2.45) is 11.7 Å². The van der Waals surface area contributed by atoms with Gasteiger partial charge in [-0.2, -0.15) is 0 Å². The minimum absolute atomic E-state index is 0.0716. The van der Waals surface area contributed by atoms with Gasteiger partial charge in [0.1, 0.15) is 0 Å². The molecular weight excluding hydrogens is 192 g/mol. The lowest BCUT2D eigenvalue weighted by Crippen LogP contribution is -2.49. The van der Waals surface area contributed by atoms with Gasteiger partial charge in [0, 0.05) is 6.54 Å². The second-order valence-electron chi connectivity index (χ2n) is 4.67. The lowest BCUT2D eigenvalue weighted by Gasteiger charge is -2.41. The number of nitrogens with zero attached hydrogens (tertiary/aromatic N) is 1. The molecule has 0 radical (unpaired) electrons. The van der Waals surface area contributed by atoms with Crippen LogP contribution < -0.4 is 5.73 Å². The molecule has 4 nitrogen and oxygen atoms in total. The number of ether oxygens (including phenoxy) is 1. The molecule has 0 spiro atoms. The third kappa shape index (κ3) is 3.41. The first kappa shape index (κ1) is 12.9. The van der Waals surface area contributed by atoms with E-state index in [1.807, 2.05) is 0 Å². The van der Waals surface area contributed by atoms with Crippen molar-refractivity contribution in [3.05, 3.63) is 0 Å². The van der Waals surface area contributed by atoms with Crippen LogP contribution in [0.3, 0.4) is 0 Å². The van der Waals surface area contributed by atoms with Crippen LogP contribution in [-0.2, 0) is 4.74 Å². The smallest absolute Gasteiger partial charge is 0.0806 e. The summed E-state index contributed by atoms with van der Waals surface area (Å²) < 4.78 is 5.71. The number of aliphatic hydroxyl groups is 1. The number of hydrogen-bond acceptors (Lipinski definition) is 4. The first-order valence-corrected chi connectivity index (χ1v) is 5.76. The number of piperidine rings is 1. The molecule has 1 aliphatic heterocycles. The minimum atomic E-state index is -0.260. The summed E-state index contributed by atoms with van der Waals surface area (Å²) in [5.41, 5.74) is 5.53. The molecule has 1 aliphatic rings. The number of hydrogen-bond donors (Lipinski definition) is 2. The van der Waals surface area contributed by atoms with Gasteiger partial charge >= 0.3 is 0 Å². The van der Waals surface area contributed by atoms with E-state index in [1.165, 1.54) is 0 Å². The van der Waals surface area contributed by atoms with Crippen molar-refractivity contribution >= 4 is 0 Å². The maximum Gasteiger partial charge on any atom is 0.0806 e. The Labute approximate surface area is 92.4 Å². The highest BCUT2D eigenvalue weighted by Crippen LogP contribution is 2.30. The zero-order valence-corrected chi connectivity index (χ0v) is 9.91. The topological polar surface area (TPSA) is 58.7 Å². The summed E-state index contributed by atoms with van der Waals surface area (Å²) in [6, 6.07) is 0. The summed E-state index contributed by atoms with van der Waals surface area (Å²) >= 11 is 0. The van der Waals surface area contributed by atoms with Crippen LogP contribution in [0, 0.1) is 5.92 Å². The van der Waals surface area contributed by atoms with E-state index in [2.05, 4.69) is 18.9 Å². The van der Waals surface area contributed by atoms with Crippen LogP contribution in [0.5, 0.6) is 0 Å². The van der Waals surface area contributed by atoms with Crippen molar-refractivity contribution in [1.29, 1.82) is 0 Å². The fourth-order valence-electron chi connectivity index (χ4n) is 2.24. The predicted molar refractivity (Wildman–Crippen MR) is 60.7 cm³/mol. The maximum absolute atomic E-state index is 8.79. The molecule has 0 aromatic heterocycles. The van der Waals surface area contributed by atoms with Crippen LogP contribution in [0.4, 0.5) is 0 Å². The lowest BCUT2D eigenvalue weighted by molar-refractivity contribution is -0.0900. The highest BCUT2D eigenvalue weighted by Gasteiger charge is 2.35. The first-order chi connectivity index (χ1) is 7.12. The molecule has 0 aromatic rings. The van der Waals surface area contributed by atoms with E-state index in [1.54, 1.807) is 0 Å². The summed E-state index contributed by atoms with van der Waals surface area (Å²) in [6.07, 6.45) is 2.27. The van der Waals surface area contributed by atoms with Gasteiger partial charge in [0.2, 0.25) is 0 Å². The second kappa shape index (κ2) is 5.80. The molecular formula is C11H24N2O2. The molecule has 3 N–H and O–H groups in total. The summed E-state index contributed by atoms with van der Waals surface area (Å²) in [5.74, 6) is 0.519. The van der Waals surface area contributed by atoms with Gasteiger partial charge in [-0.1, -0.05) is 0 Å². The first-order valence-electron chi connectivity index (χ1n) is 5.76. The van der Waals surface area contributed by atoms with E-state index >= 15 is 0 Å². The fourth-order valence-corrected chi connectivity index (χ4v) is 2.24. The summed E-state index contributed by atoms with van der Waals surface area (Å²) in [6.45, 7) is 5.29. The van der Waals surface area contributed by atoms with Gasteiger partial charge in [-0.15, -0.1) is 0 Å². The van der Waals surface area contributed by atoms with Crippen LogP contribution >= 0.6 is 0 Å². The van der Waals surface area contributed by atoms with E-state index in [0.29, 0.717) is 19.1 Å². The van der Waals surface area contributed by atoms with Gasteiger partial charge in [-0.05, 0) is 45.8 Å². The average Bonchev–Trinajstić information content (AvgIpc) is 2.27. The Morgan fingerprint density at radius 3 is 2.53 bits per heavy atom.